The number of nitrogens with zero attached hydrogens (tertiary/aromatic N) is 2. The van der Waals surface area contributed by atoms with Crippen LogP contribution >= 0.6 is 11.6 Å². The van der Waals surface area contributed by atoms with E-state index in [-0.39, 0.29) is 17.2 Å². The van der Waals surface area contributed by atoms with Crippen LogP contribution in [-0.4, -0.2) is 17.1 Å². The zero-order valence-electron chi connectivity index (χ0n) is 9.40. The Labute approximate surface area is 105 Å². The minimum atomic E-state index is 0.0534. The molecule has 90 valence electrons. The summed E-state index contributed by atoms with van der Waals surface area (Å²) in [4.78, 5) is 4.06. The fourth-order valence-corrected chi connectivity index (χ4v) is 2.24. The van der Waals surface area contributed by atoms with Crippen LogP contribution in [0.4, 0.5) is 0 Å². The SMILES string of the molecule is N#Cc1ccnc(OC2CCCC(N)C2)c1Cl. The van der Waals surface area contributed by atoms with E-state index >= 15 is 0 Å². The molecule has 2 rings (SSSR count). The van der Waals surface area contributed by atoms with Crippen molar-refractivity contribution in [3.63, 3.8) is 0 Å². The van der Waals surface area contributed by atoms with E-state index in [1.54, 1.807) is 6.07 Å². The first kappa shape index (κ1) is 12.2. The van der Waals surface area contributed by atoms with Gasteiger partial charge >= 0.3 is 0 Å². The minimum Gasteiger partial charge on any atom is -0.473 e. The molecule has 0 bridgehead atoms. The van der Waals surface area contributed by atoms with Crippen molar-refractivity contribution >= 4 is 11.6 Å². The number of hydrogen-bond donors (Lipinski definition) is 1. The highest BCUT2D eigenvalue weighted by atomic mass is 35.5. The van der Waals surface area contributed by atoms with Gasteiger partial charge in [-0.2, -0.15) is 5.26 Å². The van der Waals surface area contributed by atoms with Crippen molar-refractivity contribution in [1.82, 2.24) is 4.98 Å². The maximum atomic E-state index is 8.85. The molecule has 4 nitrogen and oxygen atoms in total. The second-order valence-electron chi connectivity index (χ2n) is 4.26. The van der Waals surface area contributed by atoms with E-state index in [2.05, 4.69) is 4.98 Å². The summed E-state index contributed by atoms with van der Waals surface area (Å²) < 4.78 is 5.72. The zero-order chi connectivity index (χ0) is 12.3. The highest BCUT2D eigenvalue weighted by Gasteiger charge is 2.22. The van der Waals surface area contributed by atoms with Crippen LogP contribution in [0.15, 0.2) is 12.3 Å². The van der Waals surface area contributed by atoms with E-state index in [1.807, 2.05) is 6.07 Å². The van der Waals surface area contributed by atoms with Gasteiger partial charge in [-0.1, -0.05) is 11.6 Å². The molecule has 0 radical (unpaired) electrons. The second kappa shape index (κ2) is 5.35. The van der Waals surface area contributed by atoms with Gasteiger partial charge in [0.15, 0.2) is 0 Å². The lowest BCUT2D eigenvalue weighted by atomic mass is 9.94. The Bertz CT molecular complexity index is 444. The van der Waals surface area contributed by atoms with E-state index in [0.29, 0.717) is 11.4 Å². The van der Waals surface area contributed by atoms with Crippen molar-refractivity contribution < 1.29 is 4.74 Å². The lowest BCUT2D eigenvalue weighted by Gasteiger charge is -2.27. The van der Waals surface area contributed by atoms with Crippen molar-refractivity contribution in [2.45, 2.75) is 37.8 Å². The Balaban J connectivity index is 2.11. The Morgan fingerprint density at radius 1 is 1.53 bits per heavy atom. The third-order valence-corrected chi connectivity index (χ3v) is 3.29. The van der Waals surface area contributed by atoms with E-state index in [4.69, 9.17) is 27.3 Å². The first-order valence-electron chi connectivity index (χ1n) is 5.67. The molecule has 0 saturated heterocycles. The molecule has 1 aliphatic rings. The first-order chi connectivity index (χ1) is 8.20. The third kappa shape index (κ3) is 2.87. The van der Waals surface area contributed by atoms with Gasteiger partial charge in [0.2, 0.25) is 5.88 Å². The summed E-state index contributed by atoms with van der Waals surface area (Å²) >= 11 is 6.02. The lowest BCUT2D eigenvalue weighted by Crippen LogP contribution is -2.33. The van der Waals surface area contributed by atoms with Crippen LogP contribution < -0.4 is 10.5 Å². The summed E-state index contributed by atoms with van der Waals surface area (Å²) in [5.74, 6) is 0.338. The molecule has 5 heteroatoms. The van der Waals surface area contributed by atoms with E-state index < -0.39 is 0 Å². The molecule has 0 aromatic carbocycles. The molecule has 1 saturated carbocycles. The molecule has 17 heavy (non-hydrogen) atoms. The van der Waals surface area contributed by atoms with Gasteiger partial charge < -0.3 is 10.5 Å². The van der Waals surface area contributed by atoms with Gasteiger partial charge in [-0.05, 0) is 31.7 Å². The second-order valence-corrected chi connectivity index (χ2v) is 4.63. The average Bonchev–Trinajstić information content (AvgIpc) is 2.32. The maximum absolute atomic E-state index is 8.85. The zero-order valence-corrected chi connectivity index (χ0v) is 10.2. The van der Waals surface area contributed by atoms with Crippen molar-refractivity contribution in [2.24, 2.45) is 5.73 Å². The Hall–Kier alpha value is -1.31. The van der Waals surface area contributed by atoms with Crippen LogP contribution in [0.2, 0.25) is 5.02 Å². The van der Waals surface area contributed by atoms with Crippen LogP contribution in [0.5, 0.6) is 5.88 Å². The fourth-order valence-electron chi connectivity index (χ4n) is 2.04. The fraction of sp³-hybridized carbons (Fsp3) is 0.500. The molecule has 0 aliphatic heterocycles. The van der Waals surface area contributed by atoms with Gasteiger partial charge in [0.25, 0.3) is 0 Å². The summed E-state index contributed by atoms with van der Waals surface area (Å²) in [5.41, 5.74) is 6.27. The Morgan fingerprint density at radius 2 is 2.35 bits per heavy atom. The maximum Gasteiger partial charge on any atom is 0.234 e. The van der Waals surface area contributed by atoms with Gasteiger partial charge in [0.1, 0.15) is 17.2 Å². The highest BCUT2D eigenvalue weighted by molar-refractivity contribution is 6.32. The van der Waals surface area contributed by atoms with E-state index in [0.717, 1.165) is 25.7 Å². The molecular weight excluding hydrogens is 238 g/mol. The number of nitriles is 1. The number of nitrogens with two attached hydrogens (primary N) is 1. The molecule has 1 aromatic heterocycles. The molecular formula is C12H14ClN3O. The summed E-state index contributed by atoms with van der Waals surface area (Å²) in [7, 11) is 0. The van der Waals surface area contributed by atoms with E-state index in [1.165, 1.54) is 6.20 Å². The largest absolute Gasteiger partial charge is 0.473 e. The molecule has 0 spiro atoms. The molecule has 0 amide bonds. The lowest BCUT2D eigenvalue weighted by molar-refractivity contribution is 0.139. The number of halogens is 1. The average molecular weight is 252 g/mol. The normalized spacial score (nSPS) is 24.1. The smallest absolute Gasteiger partial charge is 0.234 e. The molecule has 2 atom stereocenters. The summed E-state index contributed by atoms with van der Waals surface area (Å²) in [6.45, 7) is 0. The highest BCUT2D eigenvalue weighted by Crippen LogP contribution is 2.28. The molecule has 1 fully saturated rings. The van der Waals surface area contributed by atoms with Crippen LogP contribution in [0.3, 0.4) is 0 Å². The Morgan fingerprint density at radius 3 is 3.06 bits per heavy atom. The number of rotatable bonds is 2. The molecule has 2 unspecified atom stereocenters. The number of pyridine rings is 1. The van der Waals surface area contributed by atoms with Crippen LogP contribution in [0.25, 0.3) is 0 Å². The first-order valence-corrected chi connectivity index (χ1v) is 6.05. The predicted molar refractivity (Wildman–Crippen MR) is 64.8 cm³/mol. The van der Waals surface area contributed by atoms with Crippen LogP contribution in [0, 0.1) is 11.3 Å². The van der Waals surface area contributed by atoms with Crippen molar-refractivity contribution in [2.75, 3.05) is 0 Å². The topological polar surface area (TPSA) is 71.9 Å². The monoisotopic (exact) mass is 251 g/mol. The quantitative estimate of drug-likeness (QED) is 0.875. The van der Waals surface area contributed by atoms with Gasteiger partial charge in [-0.25, -0.2) is 4.98 Å². The third-order valence-electron chi connectivity index (χ3n) is 2.92. The van der Waals surface area contributed by atoms with Gasteiger partial charge in [-0.15, -0.1) is 0 Å². The molecule has 1 aliphatic carbocycles. The van der Waals surface area contributed by atoms with Gasteiger partial charge in [0.05, 0.1) is 5.56 Å². The van der Waals surface area contributed by atoms with E-state index in [9.17, 15) is 0 Å². The van der Waals surface area contributed by atoms with Crippen LogP contribution in [0.1, 0.15) is 31.2 Å². The summed E-state index contributed by atoms with van der Waals surface area (Å²) in [6.07, 6.45) is 5.46. The van der Waals surface area contributed by atoms with Crippen molar-refractivity contribution in [3.8, 4) is 11.9 Å². The molecule has 1 aromatic rings. The van der Waals surface area contributed by atoms with Crippen LogP contribution in [-0.2, 0) is 0 Å². The Kier molecular flexibility index (Phi) is 3.82. The van der Waals surface area contributed by atoms with Gasteiger partial charge in [-0.3, -0.25) is 0 Å². The minimum absolute atomic E-state index is 0.0534. The van der Waals surface area contributed by atoms with Crippen molar-refractivity contribution in [1.29, 1.82) is 5.26 Å². The standard InChI is InChI=1S/C12H14ClN3O/c13-11-8(7-14)4-5-16-12(11)17-10-3-1-2-9(15)6-10/h4-5,9-10H,1-3,6,15H2. The molecule has 1 heterocycles. The number of hydrogen-bond acceptors (Lipinski definition) is 4. The number of ether oxygens (including phenoxy) is 1. The summed E-state index contributed by atoms with van der Waals surface area (Å²) in [5, 5.41) is 9.14. The van der Waals surface area contributed by atoms with Crippen molar-refractivity contribution in [3.05, 3.63) is 22.8 Å². The molecule has 2 N–H and O–H groups in total. The predicted octanol–water partition coefficient (Wildman–Crippen LogP) is 2.26. The number of aromatic nitrogens is 1. The summed E-state index contributed by atoms with van der Waals surface area (Å²) in [6, 6.07) is 3.76. The van der Waals surface area contributed by atoms with Gasteiger partial charge in [0, 0.05) is 12.2 Å².